The molecule has 1 unspecified atom stereocenters. The molecule has 13 heavy (non-hydrogen) atoms. The summed E-state index contributed by atoms with van der Waals surface area (Å²) in [4.78, 5) is 0. The van der Waals surface area contributed by atoms with Crippen molar-refractivity contribution in [3.63, 3.8) is 0 Å². The minimum atomic E-state index is -1.22. The first-order chi connectivity index (χ1) is 6.29. The lowest BCUT2D eigenvalue weighted by atomic mass is 9.90. The second kappa shape index (κ2) is 4.64. The highest BCUT2D eigenvalue weighted by atomic mass is 16.3. The Kier molecular flexibility index (Phi) is 3.49. The molecule has 0 amide bonds. The van der Waals surface area contributed by atoms with Gasteiger partial charge < -0.3 is 5.11 Å². The average Bonchev–Trinajstić information content (AvgIpc) is 2.20. The van der Waals surface area contributed by atoms with Gasteiger partial charge in [-0.05, 0) is 25.7 Å². The van der Waals surface area contributed by atoms with Crippen LogP contribution in [0.25, 0.3) is 0 Å². The summed E-state index contributed by atoms with van der Waals surface area (Å²) in [6.07, 6.45) is 3.82. The van der Waals surface area contributed by atoms with Crippen molar-refractivity contribution in [2.24, 2.45) is 0 Å². The lowest BCUT2D eigenvalue weighted by Crippen LogP contribution is -2.10. The topological polar surface area (TPSA) is 67.8 Å². The van der Waals surface area contributed by atoms with Crippen molar-refractivity contribution in [2.45, 2.75) is 38.2 Å². The van der Waals surface area contributed by atoms with E-state index in [1.54, 1.807) is 6.07 Å². The Morgan fingerprint density at radius 2 is 1.85 bits per heavy atom. The van der Waals surface area contributed by atoms with Gasteiger partial charge in [-0.15, -0.1) is 0 Å². The van der Waals surface area contributed by atoms with Crippen LogP contribution in [0.1, 0.15) is 32.1 Å². The molecule has 68 valence electrons. The normalized spacial score (nSPS) is 18.5. The van der Waals surface area contributed by atoms with Gasteiger partial charge >= 0.3 is 0 Å². The van der Waals surface area contributed by atoms with E-state index in [0.717, 1.165) is 31.3 Å². The van der Waals surface area contributed by atoms with Crippen LogP contribution in [0, 0.1) is 22.7 Å². The molecule has 0 aromatic rings. The van der Waals surface area contributed by atoms with E-state index in [4.69, 9.17) is 10.5 Å². The van der Waals surface area contributed by atoms with Crippen molar-refractivity contribution in [3.8, 4) is 12.1 Å². The predicted molar refractivity (Wildman–Crippen MR) is 47.3 cm³/mol. The van der Waals surface area contributed by atoms with E-state index >= 15 is 0 Å². The largest absolute Gasteiger partial charge is 0.373 e. The zero-order valence-corrected chi connectivity index (χ0v) is 7.45. The molecule has 3 heteroatoms. The monoisotopic (exact) mass is 176 g/mol. The van der Waals surface area contributed by atoms with E-state index in [9.17, 15) is 5.11 Å². The third-order valence-electron chi connectivity index (χ3n) is 2.35. The van der Waals surface area contributed by atoms with Gasteiger partial charge in [0.2, 0.25) is 0 Å². The molecule has 0 aromatic carbocycles. The van der Waals surface area contributed by atoms with Crippen LogP contribution >= 0.6 is 0 Å². The van der Waals surface area contributed by atoms with Gasteiger partial charge in [0.15, 0.2) is 6.10 Å². The second-order valence-corrected chi connectivity index (χ2v) is 3.22. The number of hydrogen-bond acceptors (Lipinski definition) is 3. The summed E-state index contributed by atoms with van der Waals surface area (Å²) in [5, 5.41) is 26.5. The van der Waals surface area contributed by atoms with Crippen LogP contribution in [0.2, 0.25) is 0 Å². The van der Waals surface area contributed by atoms with Crippen LogP contribution in [0.4, 0.5) is 0 Å². The molecular formula is C10H12N2O. The highest BCUT2D eigenvalue weighted by molar-refractivity contribution is 5.35. The first-order valence-electron chi connectivity index (χ1n) is 4.49. The van der Waals surface area contributed by atoms with Crippen LogP contribution in [-0.2, 0) is 0 Å². The molecule has 1 saturated carbocycles. The van der Waals surface area contributed by atoms with Crippen LogP contribution in [-0.4, -0.2) is 11.2 Å². The lowest BCUT2D eigenvalue weighted by Gasteiger charge is -2.15. The van der Waals surface area contributed by atoms with Gasteiger partial charge in [0.25, 0.3) is 0 Å². The van der Waals surface area contributed by atoms with Crippen molar-refractivity contribution in [1.29, 1.82) is 10.5 Å². The average molecular weight is 176 g/mol. The Hall–Kier alpha value is -1.32. The molecule has 0 bridgehead atoms. The first kappa shape index (κ1) is 9.77. The molecule has 0 aromatic heterocycles. The molecule has 1 aliphatic rings. The molecule has 1 aliphatic carbocycles. The van der Waals surface area contributed by atoms with Gasteiger partial charge in [-0.25, -0.2) is 0 Å². The minimum Gasteiger partial charge on any atom is -0.373 e. The van der Waals surface area contributed by atoms with Crippen molar-refractivity contribution in [3.05, 3.63) is 11.1 Å². The highest BCUT2D eigenvalue weighted by Gasteiger charge is 2.16. The van der Waals surface area contributed by atoms with Crippen molar-refractivity contribution in [1.82, 2.24) is 0 Å². The maximum Gasteiger partial charge on any atom is 0.175 e. The summed E-state index contributed by atoms with van der Waals surface area (Å²) in [7, 11) is 0. The molecule has 0 aliphatic heterocycles. The van der Waals surface area contributed by atoms with Crippen molar-refractivity contribution < 1.29 is 5.11 Å². The Morgan fingerprint density at radius 1 is 1.23 bits per heavy atom. The van der Waals surface area contributed by atoms with Crippen LogP contribution in [0.5, 0.6) is 0 Å². The minimum absolute atomic E-state index is 0.280. The number of aliphatic hydroxyl groups is 1. The molecule has 1 fully saturated rings. The smallest absolute Gasteiger partial charge is 0.175 e. The van der Waals surface area contributed by atoms with Crippen LogP contribution in [0.3, 0.4) is 0 Å². The standard InChI is InChI=1S/C10H12N2O/c11-6-9(10(13)7-12)8-4-2-1-3-5-8/h10,13H,1-5H2. The van der Waals surface area contributed by atoms with E-state index in [2.05, 4.69) is 0 Å². The Labute approximate surface area is 77.9 Å². The number of nitrogens with zero attached hydrogens (tertiary/aromatic N) is 2. The van der Waals surface area contributed by atoms with Crippen molar-refractivity contribution >= 4 is 0 Å². The van der Waals surface area contributed by atoms with E-state index in [-0.39, 0.29) is 5.57 Å². The van der Waals surface area contributed by atoms with Crippen LogP contribution in [0.15, 0.2) is 11.1 Å². The van der Waals surface area contributed by atoms with E-state index in [1.807, 2.05) is 6.07 Å². The maximum atomic E-state index is 9.23. The lowest BCUT2D eigenvalue weighted by molar-refractivity contribution is 0.268. The first-order valence-corrected chi connectivity index (χ1v) is 4.49. The molecule has 3 nitrogen and oxygen atoms in total. The fourth-order valence-electron chi connectivity index (χ4n) is 1.65. The Balaban J connectivity index is 2.85. The fraction of sp³-hybridized carbons (Fsp3) is 0.600. The van der Waals surface area contributed by atoms with Gasteiger partial charge in [-0.2, -0.15) is 10.5 Å². The summed E-state index contributed by atoms with van der Waals surface area (Å²) >= 11 is 0. The number of nitriles is 2. The quantitative estimate of drug-likeness (QED) is 0.488. The maximum absolute atomic E-state index is 9.23. The van der Waals surface area contributed by atoms with E-state index < -0.39 is 6.10 Å². The summed E-state index contributed by atoms with van der Waals surface area (Å²) in [6, 6.07) is 3.62. The SMILES string of the molecule is N#CC(=C1CCCCC1)C(O)C#N. The number of aliphatic hydroxyl groups excluding tert-OH is 1. The summed E-state index contributed by atoms with van der Waals surface area (Å²) in [5.74, 6) is 0. The van der Waals surface area contributed by atoms with E-state index in [1.165, 1.54) is 6.42 Å². The summed E-state index contributed by atoms with van der Waals surface area (Å²) in [5.41, 5.74) is 1.25. The van der Waals surface area contributed by atoms with Gasteiger partial charge in [-0.1, -0.05) is 12.0 Å². The molecule has 0 saturated heterocycles. The fourth-order valence-corrected chi connectivity index (χ4v) is 1.65. The second-order valence-electron chi connectivity index (χ2n) is 3.22. The zero-order valence-electron chi connectivity index (χ0n) is 7.45. The number of rotatable bonds is 1. The molecule has 0 radical (unpaired) electrons. The molecule has 0 heterocycles. The molecule has 1 N–H and O–H groups in total. The van der Waals surface area contributed by atoms with Gasteiger partial charge in [0, 0.05) is 0 Å². The molecule has 0 spiro atoms. The van der Waals surface area contributed by atoms with Gasteiger partial charge in [-0.3, -0.25) is 0 Å². The third kappa shape index (κ3) is 2.31. The summed E-state index contributed by atoms with van der Waals surface area (Å²) < 4.78 is 0. The molecule has 1 rings (SSSR count). The Morgan fingerprint density at radius 3 is 2.31 bits per heavy atom. The number of allylic oxidation sites excluding steroid dienone is 1. The predicted octanol–water partition coefficient (Wildman–Crippen LogP) is 1.66. The molecular weight excluding hydrogens is 164 g/mol. The third-order valence-corrected chi connectivity index (χ3v) is 2.35. The van der Waals surface area contributed by atoms with Crippen molar-refractivity contribution in [2.75, 3.05) is 0 Å². The Bertz CT molecular complexity index is 285. The van der Waals surface area contributed by atoms with Crippen LogP contribution < -0.4 is 0 Å². The zero-order chi connectivity index (χ0) is 9.68. The van der Waals surface area contributed by atoms with E-state index in [0.29, 0.717) is 0 Å². The highest BCUT2D eigenvalue weighted by Crippen LogP contribution is 2.26. The molecule has 1 atom stereocenters. The summed E-state index contributed by atoms with van der Waals surface area (Å²) in [6.45, 7) is 0. The number of hydrogen-bond donors (Lipinski definition) is 1. The van der Waals surface area contributed by atoms with Gasteiger partial charge in [0.05, 0.1) is 17.7 Å². The van der Waals surface area contributed by atoms with Gasteiger partial charge in [0.1, 0.15) is 0 Å².